The number of aromatic nitrogens is 1. The lowest BCUT2D eigenvalue weighted by Crippen LogP contribution is -2.18. The summed E-state index contributed by atoms with van der Waals surface area (Å²) in [5.41, 5.74) is 3.00. The number of benzene rings is 1. The first kappa shape index (κ1) is 14.5. The van der Waals surface area contributed by atoms with Crippen molar-refractivity contribution in [3.63, 3.8) is 0 Å². The maximum atomic E-state index is 5.93. The Hall–Kier alpha value is -0.910. The summed E-state index contributed by atoms with van der Waals surface area (Å²) >= 11 is 5.10. The summed E-state index contributed by atoms with van der Waals surface area (Å²) in [6.07, 6.45) is 1.84. The molecule has 1 N–H and O–H groups in total. The van der Waals surface area contributed by atoms with E-state index in [1.807, 2.05) is 23.8 Å². The molecule has 0 saturated carbocycles. The highest BCUT2D eigenvalue weighted by atomic mass is 79.9. The fourth-order valence-electron chi connectivity index (χ4n) is 1.87. The van der Waals surface area contributed by atoms with Crippen LogP contribution in [0.2, 0.25) is 0 Å². The van der Waals surface area contributed by atoms with Gasteiger partial charge in [-0.05, 0) is 25.6 Å². The Kier molecular flexibility index (Phi) is 5.36. The minimum atomic E-state index is 0.273. The molecule has 19 heavy (non-hydrogen) atoms. The van der Waals surface area contributed by atoms with Crippen LogP contribution in [0.25, 0.3) is 0 Å². The highest BCUT2D eigenvalue weighted by molar-refractivity contribution is 9.10. The number of rotatable bonds is 6. The van der Waals surface area contributed by atoms with Gasteiger partial charge in [0.1, 0.15) is 12.4 Å². The van der Waals surface area contributed by atoms with Crippen LogP contribution in [0.4, 0.5) is 0 Å². The third kappa shape index (κ3) is 4.03. The predicted octanol–water partition coefficient (Wildman–Crippen LogP) is 4.16. The third-order valence-corrected chi connectivity index (χ3v) is 4.05. The smallest absolute Gasteiger partial charge is 0.125 e. The van der Waals surface area contributed by atoms with Gasteiger partial charge in [0.05, 0.1) is 10.4 Å². The predicted molar refractivity (Wildman–Crippen MR) is 82.7 cm³/mol. The van der Waals surface area contributed by atoms with Crippen LogP contribution in [0.5, 0.6) is 5.75 Å². The molecular weight excluding hydrogens is 324 g/mol. The standard InChI is InChI=1S/C14H17BrN2OS/c1-3-17-10(2)13-5-4-11(15)6-14(13)18-8-12-7-16-9-19-12/h4-7,9-10,17H,3,8H2,1-2H3. The fourth-order valence-corrected chi connectivity index (χ4v) is 2.72. The molecule has 0 aliphatic carbocycles. The number of hydrogen-bond donors (Lipinski definition) is 1. The van der Waals surface area contributed by atoms with Crippen LogP contribution >= 0.6 is 27.3 Å². The molecule has 0 aliphatic rings. The van der Waals surface area contributed by atoms with Gasteiger partial charge in [-0.1, -0.05) is 28.9 Å². The minimum absolute atomic E-state index is 0.273. The maximum Gasteiger partial charge on any atom is 0.125 e. The second kappa shape index (κ2) is 7.03. The molecule has 0 spiro atoms. The lowest BCUT2D eigenvalue weighted by atomic mass is 10.1. The van der Waals surface area contributed by atoms with Crippen molar-refractivity contribution < 1.29 is 4.74 Å². The Morgan fingerprint density at radius 1 is 1.47 bits per heavy atom. The van der Waals surface area contributed by atoms with Crippen LogP contribution < -0.4 is 10.1 Å². The summed E-state index contributed by atoms with van der Waals surface area (Å²) in [6.45, 7) is 5.75. The zero-order valence-corrected chi connectivity index (χ0v) is 13.4. The summed E-state index contributed by atoms with van der Waals surface area (Å²) in [7, 11) is 0. The van der Waals surface area contributed by atoms with Crippen LogP contribution in [0.3, 0.4) is 0 Å². The summed E-state index contributed by atoms with van der Waals surface area (Å²) in [4.78, 5) is 5.18. The van der Waals surface area contributed by atoms with Crippen molar-refractivity contribution in [2.45, 2.75) is 26.5 Å². The number of halogens is 1. The molecule has 0 amide bonds. The Balaban J connectivity index is 2.14. The molecule has 0 saturated heterocycles. The third-order valence-electron chi connectivity index (χ3n) is 2.81. The van der Waals surface area contributed by atoms with Crippen molar-refractivity contribution in [1.29, 1.82) is 0 Å². The Morgan fingerprint density at radius 3 is 3.00 bits per heavy atom. The summed E-state index contributed by atoms with van der Waals surface area (Å²) in [5.74, 6) is 0.913. The van der Waals surface area contributed by atoms with E-state index in [1.165, 1.54) is 5.56 Å². The number of thiazole rings is 1. The molecule has 1 unspecified atom stereocenters. The summed E-state index contributed by atoms with van der Waals surface area (Å²) in [6, 6.07) is 6.43. The number of hydrogen-bond acceptors (Lipinski definition) is 4. The zero-order chi connectivity index (χ0) is 13.7. The van der Waals surface area contributed by atoms with Gasteiger partial charge in [0.15, 0.2) is 0 Å². The Bertz CT molecular complexity index is 516. The first-order valence-electron chi connectivity index (χ1n) is 6.23. The van der Waals surface area contributed by atoms with Gasteiger partial charge in [-0.25, -0.2) is 0 Å². The van der Waals surface area contributed by atoms with Crippen molar-refractivity contribution in [2.75, 3.05) is 6.54 Å². The molecule has 2 aromatic rings. The molecule has 1 heterocycles. The highest BCUT2D eigenvalue weighted by Crippen LogP contribution is 2.29. The molecule has 5 heteroatoms. The quantitative estimate of drug-likeness (QED) is 0.857. The molecule has 0 fully saturated rings. The van der Waals surface area contributed by atoms with Gasteiger partial charge in [0.2, 0.25) is 0 Å². The molecule has 102 valence electrons. The SMILES string of the molecule is CCNC(C)c1ccc(Br)cc1OCc1cncs1. The van der Waals surface area contributed by atoms with Gasteiger partial charge in [-0.15, -0.1) is 11.3 Å². The molecule has 0 bridgehead atoms. The zero-order valence-electron chi connectivity index (χ0n) is 11.0. The van der Waals surface area contributed by atoms with Gasteiger partial charge < -0.3 is 10.1 Å². The molecule has 0 radical (unpaired) electrons. The highest BCUT2D eigenvalue weighted by Gasteiger charge is 2.11. The number of ether oxygens (including phenoxy) is 1. The van der Waals surface area contributed by atoms with Gasteiger partial charge in [0, 0.05) is 22.3 Å². The van der Waals surface area contributed by atoms with Crippen LogP contribution in [-0.2, 0) is 6.61 Å². The van der Waals surface area contributed by atoms with E-state index in [9.17, 15) is 0 Å². The first-order valence-corrected chi connectivity index (χ1v) is 7.91. The lowest BCUT2D eigenvalue weighted by Gasteiger charge is -2.17. The van der Waals surface area contributed by atoms with E-state index in [0.29, 0.717) is 6.61 Å². The largest absolute Gasteiger partial charge is 0.488 e. The van der Waals surface area contributed by atoms with Crippen LogP contribution in [-0.4, -0.2) is 11.5 Å². The van der Waals surface area contributed by atoms with E-state index < -0.39 is 0 Å². The lowest BCUT2D eigenvalue weighted by molar-refractivity contribution is 0.303. The van der Waals surface area contributed by atoms with Gasteiger partial charge in [-0.2, -0.15) is 0 Å². The summed E-state index contributed by atoms with van der Waals surface area (Å²) < 4.78 is 6.96. The van der Waals surface area contributed by atoms with E-state index in [4.69, 9.17) is 4.74 Å². The molecular formula is C14H17BrN2OS. The van der Waals surface area contributed by atoms with Gasteiger partial charge in [0.25, 0.3) is 0 Å². The molecule has 0 aliphatic heterocycles. The van der Waals surface area contributed by atoms with E-state index in [0.717, 1.165) is 21.6 Å². The van der Waals surface area contributed by atoms with Crippen LogP contribution in [0.1, 0.15) is 30.3 Å². The number of nitrogens with one attached hydrogen (secondary N) is 1. The van der Waals surface area contributed by atoms with Crippen molar-refractivity contribution in [3.8, 4) is 5.75 Å². The van der Waals surface area contributed by atoms with Crippen molar-refractivity contribution in [3.05, 3.63) is 44.8 Å². The summed E-state index contributed by atoms with van der Waals surface area (Å²) in [5, 5.41) is 3.41. The van der Waals surface area contributed by atoms with Crippen molar-refractivity contribution in [1.82, 2.24) is 10.3 Å². The average Bonchev–Trinajstić information content (AvgIpc) is 2.89. The maximum absolute atomic E-state index is 5.93. The molecule has 1 aromatic heterocycles. The molecule has 2 rings (SSSR count). The average molecular weight is 341 g/mol. The van der Waals surface area contributed by atoms with E-state index >= 15 is 0 Å². The van der Waals surface area contributed by atoms with E-state index in [1.54, 1.807) is 11.3 Å². The van der Waals surface area contributed by atoms with Crippen LogP contribution in [0, 0.1) is 0 Å². The fraction of sp³-hybridized carbons (Fsp3) is 0.357. The van der Waals surface area contributed by atoms with Gasteiger partial charge >= 0.3 is 0 Å². The minimum Gasteiger partial charge on any atom is -0.488 e. The molecule has 1 aromatic carbocycles. The van der Waals surface area contributed by atoms with E-state index in [-0.39, 0.29) is 6.04 Å². The van der Waals surface area contributed by atoms with Gasteiger partial charge in [-0.3, -0.25) is 4.98 Å². The topological polar surface area (TPSA) is 34.1 Å². The first-order chi connectivity index (χ1) is 9.20. The second-order valence-electron chi connectivity index (χ2n) is 4.22. The van der Waals surface area contributed by atoms with Crippen molar-refractivity contribution in [2.24, 2.45) is 0 Å². The van der Waals surface area contributed by atoms with E-state index in [2.05, 4.69) is 46.1 Å². The second-order valence-corrected chi connectivity index (χ2v) is 6.10. The van der Waals surface area contributed by atoms with Crippen LogP contribution in [0.15, 0.2) is 34.4 Å². The molecule has 1 atom stereocenters. The monoisotopic (exact) mass is 340 g/mol. The number of nitrogens with zero attached hydrogens (tertiary/aromatic N) is 1. The van der Waals surface area contributed by atoms with Crippen molar-refractivity contribution >= 4 is 27.3 Å². The Labute approximate surface area is 126 Å². The molecule has 3 nitrogen and oxygen atoms in total. The normalized spacial score (nSPS) is 12.4. The Morgan fingerprint density at radius 2 is 2.32 bits per heavy atom.